The van der Waals surface area contributed by atoms with Crippen molar-refractivity contribution in [2.45, 2.75) is 52.0 Å². The number of rotatable bonds is 3. The Kier molecular flexibility index (Phi) is 4.42. The zero-order valence-corrected chi connectivity index (χ0v) is 11.8. The summed E-state index contributed by atoms with van der Waals surface area (Å²) in [6, 6.07) is 6.46. The normalized spacial score (nSPS) is 23.3. The third-order valence-electron chi connectivity index (χ3n) is 3.90. The summed E-state index contributed by atoms with van der Waals surface area (Å²) in [6.45, 7) is 4.26. The van der Waals surface area contributed by atoms with Crippen molar-refractivity contribution in [1.82, 2.24) is 4.57 Å². The van der Waals surface area contributed by atoms with Gasteiger partial charge in [-0.15, -0.1) is 0 Å². The van der Waals surface area contributed by atoms with Crippen LogP contribution in [0, 0.1) is 23.2 Å². The molecule has 1 aromatic heterocycles. The van der Waals surface area contributed by atoms with Gasteiger partial charge in [-0.2, -0.15) is 5.26 Å². The Morgan fingerprint density at radius 2 is 2.26 bits per heavy atom. The van der Waals surface area contributed by atoms with E-state index in [9.17, 15) is 4.79 Å². The second-order valence-corrected chi connectivity index (χ2v) is 5.99. The molecule has 1 aliphatic carbocycles. The molecule has 0 bridgehead atoms. The van der Waals surface area contributed by atoms with Crippen LogP contribution in [0.25, 0.3) is 0 Å². The SMILES string of the molecule is CC(C)Cc1cccn(C2CCCC(C#N)C2)c1=O. The van der Waals surface area contributed by atoms with Crippen molar-refractivity contribution in [1.29, 1.82) is 5.26 Å². The van der Waals surface area contributed by atoms with Crippen LogP contribution < -0.4 is 5.56 Å². The number of hydrogen-bond donors (Lipinski definition) is 0. The van der Waals surface area contributed by atoms with Gasteiger partial charge in [-0.1, -0.05) is 26.3 Å². The van der Waals surface area contributed by atoms with Crippen LogP contribution in [0.3, 0.4) is 0 Å². The van der Waals surface area contributed by atoms with E-state index in [0.29, 0.717) is 5.92 Å². The van der Waals surface area contributed by atoms with Gasteiger partial charge in [0.2, 0.25) is 0 Å². The van der Waals surface area contributed by atoms with Crippen molar-refractivity contribution in [3.63, 3.8) is 0 Å². The molecule has 0 aliphatic heterocycles. The van der Waals surface area contributed by atoms with E-state index in [-0.39, 0.29) is 17.5 Å². The second-order valence-electron chi connectivity index (χ2n) is 5.99. The van der Waals surface area contributed by atoms with Crippen molar-refractivity contribution in [2.24, 2.45) is 11.8 Å². The van der Waals surface area contributed by atoms with Crippen molar-refractivity contribution in [3.05, 3.63) is 34.2 Å². The van der Waals surface area contributed by atoms with Crippen LogP contribution in [0.5, 0.6) is 0 Å². The lowest BCUT2D eigenvalue weighted by atomic mass is 9.86. The summed E-state index contributed by atoms with van der Waals surface area (Å²) < 4.78 is 1.86. The van der Waals surface area contributed by atoms with Gasteiger partial charge >= 0.3 is 0 Å². The van der Waals surface area contributed by atoms with E-state index in [2.05, 4.69) is 19.9 Å². The minimum absolute atomic E-state index is 0.111. The van der Waals surface area contributed by atoms with E-state index in [1.807, 2.05) is 22.9 Å². The Labute approximate surface area is 114 Å². The third-order valence-corrected chi connectivity index (χ3v) is 3.90. The van der Waals surface area contributed by atoms with Gasteiger partial charge in [-0.25, -0.2) is 0 Å². The molecule has 1 heterocycles. The molecule has 0 amide bonds. The Hall–Kier alpha value is -1.56. The average Bonchev–Trinajstić information content (AvgIpc) is 2.41. The zero-order chi connectivity index (χ0) is 13.8. The van der Waals surface area contributed by atoms with E-state index in [1.54, 1.807) is 0 Å². The van der Waals surface area contributed by atoms with Gasteiger partial charge in [0.1, 0.15) is 0 Å². The predicted octanol–water partition coefficient (Wildman–Crippen LogP) is 3.30. The van der Waals surface area contributed by atoms with Crippen LogP contribution >= 0.6 is 0 Å². The largest absolute Gasteiger partial charge is 0.312 e. The molecule has 1 fully saturated rings. The summed E-state index contributed by atoms with van der Waals surface area (Å²) in [7, 11) is 0. The molecule has 2 rings (SSSR count). The monoisotopic (exact) mass is 258 g/mol. The quantitative estimate of drug-likeness (QED) is 0.835. The van der Waals surface area contributed by atoms with E-state index in [4.69, 9.17) is 5.26 Å². The highest BCUT2D eigenvalue weighted by Crippen LogP contribution is 2.31. The standard InChI is InChI=1S/C16H22N2O/c1-12(2)9-14-6-4-8-18(16(14)19)15-7-3-5-13(10-15)11-17/h4,6,8,12-13,15H,3,5,7,9-10H2,1-2H3. The Bertz CT molecular complexity index is 524. The van der Waals surface area contributed by atoms with Gasteiger partial charge in [0, 0.05) is 23.7 Å². The van der Waals surface area contributed by atoms with Gasteiger partial charge < -0.3 is 4.57 Å². The predicted molar refractivity (Wildman–Crippen MR) is 75.9 cm³/mol. The average molecular weight is 258 g/mol. The number of aromatic nitrogens is 1. The minimum atomic E-state index is 0.111. The fourth-order valence-corrected chi connectivity index (χ4v) is 2.97. The maximum atomic E-state index is 12.5. The summed E-state index contributed by atoms with van der Waals surface area (Å²) in [5, 5.41) is 9.06. The van der Waals surface area contributed by atoms with Gasteiger partial charge in [-0.05, 0) is 37.7 Å². The lowest BCUT2D eigenvalue weighted by Crippen LogP contribution is -2.30. The third kappa shape index (κ3) is 3.26. The first-order valence-corrected chi connectivity index (χ1v) is 7.21. The second kappa shape index (κ2) is 6.06. The molecular formula is C16H22N2O. The van der Waals surface area contributed by atoms with Crippen LogP contribution in [-0.2, 0) is 6.42 Å². The van der Waals surface area contributed by atoms with Gasteiger partial charge in [0.15, 0.2) is 0 Å². The molecule has 0 spiro atoms. The van der Waals surface area contributed by atoms with Crippen LogP contribution in [0.1, 0.15) is 51.1 Å². The minimum Gasteiger partial charge on any atom is -0.312 e. The Balaban J connectivity index is 2.25. The molecule has 1 aromatic rings. The lowest BCUT2D eigenvalue weighted by molar-refractivity contribution is 0.301. The van der Waals surface area contributed by atoms with Crippen molar-refractivity contribution in [3.8, 4) is 6.07 Å². The van der Waals surface area contributed by atoms with Crippen LogP contribution in [-0.4, -0.2) is 4.57 Å². The van der Waals surface area contributed by atoms with E-state index in [0.717, 1.165) is 37.7 Å². The number of hydrogen-bond acceptors (Lipinski definition) is 2. The molecule has 2 atom stereocenters. The first-order chi connectivity index (χ1) is 9.11. The number of pyridine rings is 1. The van der Waals surface area contributed by atoms with Crippen LogP contribution in [0.15, 0.2) is 23.1 Å². The van der Waals surface area contributed by atoms with Crippen LogP contribution in [0.4, 0.5) is 0 Å². The highest BCUT2D eigenvalue weighted by molar-refractivity contribution is 5.12. The Morgan fingerprint density at radius 3 is 2.95 bits per heavy atom. The summed E-state index contributed by atoms with van der Waals surface area (Å²) >= 11 is 0. The Morgan fingerprint density at radius 1 is 1.47 bits per heavy atom. The molecule has 0 aromatic carbocycles. The van der Waals surface area contributed by atoms with Gasteiger partial charge in [-0.3, -0.25) is 4.79 Å². The van der Waals surface area contributed by atoms with Crippen molar-refractivity contribution in [2.75, 3.05) is 0 Å². The maximum absolute atomic E-state index is 12.5. The van der Waals surface area contributed by atoms with E-state index >= 15 is 0 Å². The molecule has 19 heavy (non-hydrogen) atoms. The maximum Gasteiger partial charge on any atom is 0.253 e. The van der Waals surface area contributed by atoms with Gasteiger partial charge in [0.25, 0.3) is 5.56 Å². The molecule has 3 heteroatoms. The van der Waals surface area contributed by atoms with E-state index < -0.39 is 0 Å². The summed E-state index contributed by atoms with van der Waals surface area (Å²) in [5.74, 6) is 0.598. The molecule has 0 saturated heterocycles. The molecule has 0 N–H and O–H groups in total. The van der Waals surface area contributed by atoms with Gasteiger partial charge in [0.05, 0.1) is 6.07 Å². The molecule has 0 radical (unpaired) electrons. The first kappa shape index (κ1) is 13.9. The smallest absolute Gasteiger partial charge is 0.253 e. The van der Waals surface area contributed by atoms with Crippen molar-refractivity contribution < 1.29 is 0 Å². The molecule has 1 aliphatic rings. The summed E-state index contributed by atoms with van der Waals surface area (Å²) in [5.41, 5.74) is 1.04. The molecule has 1 saturated carbocycles. The van der Waals surface area contributed by atoms with Crippen molar-refractivity contribution >= 4 is 0 Å². The number of nitrogens with zero attached hydrogens (tertiary/aromatic N) is 2. The highest BCUT2D eigenvalue weighted by Gasteiger charge is 2.23. The zero-order valence-electron chi connectivity index (χ0n) is 11.8. The lowest BCUT2D eigenvalue weighted by Gasteiger charge is -2.27. The summed E-state index contributed by atoms with van der Waals surface area (Å²) in [4.78, 5) is 12.5. The fourth-order valence-electron chi connectivity index (χ4n) is 2.97. The topological polar surface area (TPSA) is 45.8 Å². The molecule has 102 valence electrons. The number of nitriles is 1. The first-order valence-electron chi connectivity index (χ1n) is 7.21. The molecular weight excluding hydrogens is 236 g/mol. The molecule has 3 nitrogen and oxygen atoms in total. The highest BCUT2D eigenvalue weighted by atomic mass is 16.1. The summed E-state index contributed by atoms with van der Waals surface area (Å²) in [6.07, 6.45) is 6.58. The fraction of sp³-hybridized carbons (Fsp3) is 0.625. The molecule has 2 unspecified atom stereocenters. The van der Waals surface area contributed by atoms with E-state index in [1.165, 1.54) is 0 Å². The van der Waals surface area contributed by atoms with Crippen LogP contribution in [0.2, 0.25) is 0 Å².